The maximum absolute atomic E-state index is 11.7. The zero-order valence-electron chi connectivity index (χ0n) is 28.2. The molecule has 2 N–H and O–H groups in total. The Bertz CT molecular complexity index is 2500. The number of fused-ring (bicyclic) bond motifs is 3. The van der Waals surface area contributed by atoms with E-state index in [1.54, 1.807) is 61.3 Å². The van der Waals surface area contributed by atoms with Crippen molar-refractivity contribution in [1.82, 2.24) is 34.7 Å². The molecule has 258 valence electrons. The Labute approximate surface area is 298 Å². The first-order valence-electron chi connectivity index (χ1n) is 16.2. The van der Waals surface area contributed by atoms with E-state index >= 15 is 0 Å². The van der Waals surface area contributed by atoms with Crippen molar-refractivity contribution in [2.75, 3.05) is 0 Å². The molecule has 12 heteroatoms. The topological polar surface area (TPSA) is 166 Å². The summed E-state index contributed by atoms with van der Waals surface area (Å²) in [5.41, 5.74) is 5.13. The van der Waals surface area contributed by atoms with Gasteiger partial charge in [-0.05, 0) is 74.5 Å². The van der Waals surface area contributed by atoms with Crippen LogP contribution in [0.25, 0.3) is 44.1 Å². The van der Waals surface area contributed by atoms with E-state index in [1.165, 1.54) is 12.4 Å². The number of phenols is 2. The van der Waals surface area contributed by atoms with Gasteiger partial charge in [0.15, 0.2) is 12.6 Å². The van der Waals surface area contributed by atoms with Gasteiger partial charge in [-0.15, -0.1) is 0 Å². The third kappa shape index (κ3) is 7.71. The van der Waals surface area contributed by atoms with Crippen LogP contribution in [0.1, 0.15) is 46.2 Å². The fourth-order valence-electron chi connectivity index (χ4n) is 5.48. The normalized spacial score (nSPS) is 10.7. The number of carbonyl (C=O) groups excluding carboxylic acids is 2. The van der Waals surface area contributed by atoms with E-state index in [9.17, 15) is 14.7 Å². The second-order valence-electron chi connectivity index (χ2n) is 11.7. The summed E-state index contributed by atoms with van der Waals surface area (Å²) in [5.74, 6) is 0.714. The molecule has 0 spiro atoms. The number of benzene rings is 3. The Morgan fingerprint density at radius 1 is 0.731 bits per heavy atom. The van der Waals surface area contributed by atoms with Crippen LogP contribution in [-0.2, 0) is 6.61 Å². The van der Waals surface area contributed by atoms with Gasteiger partial charge in [0.2, 0.25) is 0 Å². The number of aldehydes is 2. The molecule has 0 aliphatic rings. The zero-order valence-corrected chi connectivity index (χ0v) is 28.2. The Morgan fingerprint density at radius 3 is 2.10 bits per heavy atom. The molecule has 12 nitrogen and oxygen atoms in total. The summed E-state index contributed by atoms with van der Waals surface area (Å²) in [6.07, 6.45) is 11.3. The first-order valence-corrected chi connectivity index (χ1v) is 16.2. The van der Waals surface area contributed by atoms with Crippen LogP contribution >= 0.6 is 0 Å². The number of hydrogen-bond acceptors (Lipinski definition) is 11. The summed E-state index contributed by atoms with van der Waals surface area (Å²) in [6, 6.07) is 25.4. The van der Waals surface area contributed by atoms with Crippen LogP contribution in [0.2, 0.25) is 0 Å². The van der Waals surface area contributed by atoms with E-state index < -0.39 is 0 Å². The highest BCUT2D eigenvalue weighted by atomic mass is 16.5. The van der Waals surface area contributed by atoms with Gasteiger partial charge in [-0.3, -0.25) is 29.2 Å². The molecule has 8 rings (SSSR count). The fourth-order valence-corrected chi connectivity index (χ4v) is 5.48. The van der Waals surface area contributed by atoms with Crippen LogP contribution in [-0.4, -0.2) is 57.5 Å². The van der Waals surface area contributed by atoms with Gasteiger partial charge in [-0.25, -0.2) is 9.97 Å². The van der Waals surface area contributed by atoms with Crippen LogP contribution in [0.15, 0.2) is 122 Å². The lowest BCUT2D eigenvalue weighted by atomic mass is 10.1. The zero-order chi connectivity index (χ0) is 36.5. The fraction of sp³-hybridized carbons (Fsp3) is 0.100. The molecule has 3 aromatic carbocycles. The molecule has 0 unspecified atom stereocenters. The number of pyridine rings is 3. The molecule has 5 heterocycles. The quantitative estimate of drug-likeness (QED) is 0.158. The smallest absolute Gasteiger partial charge is 0.155 e. The van der Waals surface area contributed by atoms with E-state index in [-0.39, 0.29) is 29.7 Å². The largest absolute Gasteiger partial charge is 0.508 e. The van der Waals surface area contributed by atoms with Crippen LogP contribution in [0.4, 0.5) is 0 Å². The predicted octanol–water partition coefficient (Wildman–Crippen LogP) is 7.55. The molecule has 0 saturated heterocycles. The van der Waals surface area contributed by atoms with Crippen molar-refractivity contribution in [3.05, 3.63) is 139 Å². The van der Waals surface area contributed by atoms with Crippen molar-refractivity contribution in [3.63, 3.8) is 0 Å². The number of rotatable bonds is 7. The summed E-state index contributed by atoms with van der Waals surface area (Å²) in [7, 11) is 0. The van der Waals surface area contributed by atoms with Crippen LogP contribution in [0.5, 0.6) is 17.2 Å². The van der Waals surface area contributed by atoms with Gasteiger partial charge in [0.05, 0.1) is 39.1 Å². The molecule has 0 aliphatic heterocycles. The minimum atomic E-state index is -0.0267. The third-order valence-corrected chi connectivity index (χ3v) is 7.96. The standard InChI is InChI=1S/C21H19N5O2.C10H7NO2.C9H7NO/c1-14(2)26-18(7-9-25-26)21-16(10-22-13-24-21)12-28-19-6-5-15-4-3-8-23-20(15)17(19)11-27;12-6-8-9(13)4-3-7-2-1-5-11-10(7)8;11-8-4-3-7-2-1-5-10-9(7)6-8/h3-11,13-14H,12H2,1-2H3;1-6,13H;1-6,11H. The van der Waals surface area contributed by atoms with Crippen LogP contribution in [0, 0.1) is 0 Å². The maximum atomic E-state index is 11.7. The van der Waals surface area contributed by atoms with Gasteiger partial charge in [0.25, 0.3) is 0 Å². The first kappa shape index (κ1) is 34.8. The number of ether oxygens (including phenoxy) is 1. The highest BCUT2D eigenvalue weighted by molar-refractivity contribution is 5.99. The molecule has 0 aliphatic carbocycles. The Hall–Kier alpha value is -7.08. The lowest BCUT2D eigenvalue weighted by molar-refractivity contribution is 0.111. The Balaban J connectivity index is 0.000000158. The number of nitrogens with zero attached hydrogens (tertiary/aromatic N) is 7. The molecule has 0 fully saturated rings. The summed E-state index contributed by atoms with van der Waals surface area (Å²) >= 11 is 0. The average Bonchev–Trinajstić information content (AvgIpc) is 3.68. The molecular weight excluding hydrogens is 658 g/mol. The van der Waals surface area contributed by atoms with Crippen molar-refractivity contribution in [3.8, 4) is 28.6 Å². The lowest BCUT2D eigenvalue weighted by Gasteiger charge is -2.14. The summed E-state index contributed by atoms with van der Waals surface area (Å²) in [6.45, 7) is 4.34. The SMILES string of the molecule is CC(C)n1nccc1-c1ncncc1COc1ccc2cccnc2c1C=O.O=Cc1c(O)ccc2cccnc12.Oc1ccc2cccnc2c1. The average molecular weight is 692 g/mol. The minimum absolute atomic E-state index is 0.0267. The second-order valence-corrected chi connectivity index (χ2v) is 11.7. The van der Waals surface area contributed by atoms with Crippen molar-refractivity contribution in [2.24, 2.45) is 0 Å². The molecular formula is C40H33N7O5. The van der Waals surface area contributed by atoms with E-state index in [1.807, 2.05) is 53.2 Å². The molecule has 52 heavy (non-hydrogen) atoms. The van der Waals surface area contributed by atoms with E-state index in [0.717, 1.165) is 44.9 Å². The lowest BCUT2D eigenvalue weighted by Crippen LogP contribution is -2.08. The Morgan fingerprint density at radius 2 is 1.38 bits per heavy atom. The Kier molecular flexibility index (Phi) is 10.8. The molecule has 0 saturated carbocycles. The van der Waals surface area contributed by atoms with Crippen molar-refractivity contribution < 1.29 is 24.5 Å². The van der Waals surface area contributed by atoms with Gasteiger partial charge < -0.3 is 14.9 Å². The van der Waals surface area contributed by atoms with E-state index in [2.05, 4.69) is 43.9 Å². The number of hydrogen-bond donors (Lipinski definition) is 2. The predicted molar refractivity (Wildman–Crippen MR) is 197 cm³/mol. The summed E-state index contributed by atoms with van der Waals surface area (Å²) in [5, 5.41) is 25.6. The van der Waals surface area contributed by atoms with E-state index in [4.69, 9.17) is 9.84 Å². The molecule has 0 amide bonds. The third-order valence-electron chi connectivity index (χ3n) is 7.96. The maximum Gasteiger partial charge on any atom is 0.155 e. The van der Waals surface area contributed by atoms with Crippen LogP contribution in [0.3, 0.4) is 0 Å². The molecule has 5 aromatic heterocycles. The van der Waals surface area contributed by atoms with Gasteiger partial charge in [0, 0.05) is 64.8 Å². The second kappa shape index (κ2) is 16.1. The van der Waals surface area contributed by atoms with Crippen molar-refractivity contribution in [2.45, 2.75) is 26.5 Å². The highest BCUT2D eigenvalue weighted by Gasteiger charge is 2.16. The molecule has 0 bridgehead atoms. The molecule has 0 atom stereocenters. The van der Waals surface area contributed by atoms with Gasteiger partial charge in [-0.2, -0.15) is 5.10 Å². The number of carbonyl (C=O) groups is 2. The monoisotopic (exact) mass is 691 g/mol. The highest BCUT2D eigenvalue weighted by Crippen LogP contribution is 2.28. The number of aromatic hydroxyl groups is 2. The van der Waals surface area contributed by atoms with Gasteiger partial charge >= 0.3 is 0 Å². The first-order chi connectivity index (χ1) is 25.4. The summed E-state index contributed by atoms with van der Waals surface area (Å²) < 4.78 is 7.89. The van der Waals surface area contributed by atoms with E-state index in [0.29, 0.717) is 28.6 Å². The van der Waals surface area contributed by atoms with Crippen molar-refractivity contribution >= 4 is 45.3 Å². The van der Waals surface area contributed by atoms with Crippen molar-refractivity contribution in [1.29, 1.82) is 0 Å². The number of aromatic nitrogens is 7. The molecule has 0 radical (unpaired) electrons. The molecule has 8 aromatic rings. The van der Waals surface area contributed by atoms with Gasteiger partial charge in [0.1, 0.15) is 30.2 Å². The minimum Gasteiger partial charge on any atom is -0.508 e. The van der Waals surface area contributed by atoms with Gasteiger partial charge in [-0.1, -0.05) is 18.2 Å². The summed E-state index contributed by atoms with van der Waals surface area (Å²) in [4.78, 5) is 43.3. The number of phenolic OH excluding ortho intramolecular Hbond substituents is 2. The van der Waals surface area contributed by atoms with Crippen LogP contribution < -0.4 is 4.74 Å².